The zero-order chi connectivity index (χ0) is 32.7. The molecule has 0 bridgehead atoms. The SMILES string of the molecule is Cn1nccc1-c1cccc(C(=O)N2CC[C@@H](C(=O)N3CCC(O)(Cn4cnc5c(ccn5C)c4=O)CC3)[C@H](c3ccccc3)C2)n1. The molecule has 1 N–H and O–H groups in total. The Labute approximate surface area is 271 Å². The number of nitrogens with zero attached hydrogens (tertiary/aromatic N) is 8. The van der Waals surface area contributed by atoms with Gasteiger partial charge in [-0.3, -0.25) is 23.6 Å². The van der Waals surface area contributed by atoms with Crippen molar-refractivity contribution in [1.82, 2.24) is 38.7 Å². The molecule has 2 fully saturated rings. The molecule has 1 aromatic carbocycles. The maximum Gasteiger partial charge on any atom is 0.272 e. The van der Waals surface area contributed by atoms with Gasteiger partial charge in [0.1, 0.15) is 17.7 Å². The number of carbonyl (C=O) groups is 2. The highest BCUT2D eigenvalue weighted by Crippen LogP contribution is 2.36. The highest BCUT2D eigenvalue weighted by Gasteiger charge is 2.42. The fraction of sp³-hybridized carbons (Fsp3) is 0.371. The van der Waals surface area contributed by atoms with Crippen LogP contribution >= 0.6 is 0 Å². The number of likely N-dealkylation sites (tertiary alicyclic amines) is 2. The van der Waals surface area contributed by atoms with E-state index in [1.165, 1.54) is 10.9 Å². The average molecular weight is 635 g/mol. The number of aliphatic hydroxyl groups is 1. The van der Waals surface area contributed by atoms with Gasteiger partial charge >= 0.3 is 0 Å². The van der Waals surface area contributed by atoms with Crippen LogP contribution in [0.5, 0.6) is 0 Å². The molecule has 12 nitrogen and oxygen atoms in total. The minimum atomic E-state index is -1.13. The Morgan fingerprint density at radius 3 is 2.49 bits per heavy atom. The van der Waals surface area contributed by atoms with Crippen LogP contribution in [0, 0.1) is 5.92 Å². The van der Waals surface area contributed by atoms with Crippen molar-refractivity contribution in [3.63, 3.8) is 0 Å². The van der Waals surface area contributed by atoms with Crippen LogP contribution in [-0.4, -0.2) is 87.4 Å². The lowest BCUT2D eigenvalue weighted by Crippen LogP contribution is -2.53. The molecule has 0 unspecified atom stereocenters. The second-order valence-electron chi connectivity index (χ2n) is 12.8. The van der Waals surface area contributed by atoms with Crippen molar-refractivity contribution in [1.29, 1.82) is 0 Å². The van der Waals surface area contributed by atoms with Gasteiger partial charge in [-0.1, -0.05) is 36.4 Å². The predicted molar refractivity (Wildman–Crippen MR) is 175 cm³/mol. The van der Waals surface area contributed by atoms with Crippen LogP contribution in [0.2, 0.25) is 0 Å². The summed E-state index contributed by atoms with van der Waals surface area (Å²) in [5.74, 6) is -0.630. The molecule has 2 amide bonds. The van der Waals surface area contributed by atoms with E-state index >= 15 is 0 Å². The first-order chi connectivity index (χ1) is 22.7. The summed E-state index contributed by atoms with van der Waals surface area (Å²) in [5, 5.41) is 16.2. The number of carbonyl (C=O) groups excluding carboxylic acids is 2. The number of piperidine rings is 2. The zero-order valence-corrected chi connectivity index (χ0v) is 26.6. The third kappa shape index (κ3) is 5.85. The van der Waals surface area contributed by atoms with Gasteiger partial charge in [-0.25, -0.2) is 9.97 Å². The van der Waals surface area contributed by atoms with Gasteiger partial charge in [0.2, 0.25) is 5.91 Å². The smallest absolute Gasteiger partial charge is 0.272 e. The zero-order valence-electron chi connectivity index (χ0n) is 26.6. The van der Waals surface area contributed by atoms with Gasteiger partial charge < -0.3 is 19.5 Å². The van der Waals surface area contributed by atoms with Crippen LogP contribution in [0.1, 0.15) is 41.2 Å². The first kappa shape index (κ1) is 30.5. The normalized spacial score (nSPS) is 19.6. The van der Waals surface area contributed by atoms with E-state index in [0.717, 1.165) is 11.3 Å². The summed E-state index contributed by atoms with van der Waals surface area (Å²) >= 11 is 0. The summed E-state index contributed by atoms with van der Waals surface area (Å²) in [4.78, 5) is 53.7. The summed E-state index contributed by atoms with van der Waals surface area (Å²) in [6.07, 6.45) is 6.21. The number of pyridine rings is 1. The van der Waals surface area contributed by atoms with Gasteiger partial charge in [0, 0.05) is 64.5 Å². The van der Waals surface area contributed by atoms with Gasteiger partial charge in [0.25, 0.3) is 11.5 Å². The van der Waals surface area contributed by atoms with Crippen LogP contribution in [0.15, 0.2) is 84.2 Å². The number of rotatable bonds is 6. The number of fused-ring (bicyclic) bond motifs is 1. The van der Waals surface area contributed by atoms with E-state index in [2.05, 4.69) is 15.1 Å². The van der Waals surface area contributed by atoms with E-state index < -0.39 is 5.60 Å². The lowest BCUT2D eigenvalue weighted by molar-refractivity contribution is -0.142. The lowest BCUT2D eigenvalue weighted by Gasteiger charge is -2.43. The molecule has 12 heteroatoms. The van der Waals surface area contributed by atoms with Crippen LogP contribution in [-0.2, 0) is 25.4 Å². The van der Waals surface area contributed by atoms with Gasteiger partial charge in [0.15, 0.2) is 0 Å². The molecule has 2 aliphatic rings. The molecule has 2 saturated heterocycles. The van der Waals surface area contributed by atoms with E-state index in [9.17, 15) is 19.5 Å². The molecule has 47 heavy (non-hydrogen) atoms. The van der Waals surface area contributed by atoms with Gasteiger partial charge in [-0.05, 0) is 49.1 Å². The summed E-state index contributed by atoms with van der Waals surface area (Å²) in [7, 11) is 3.67. The molecular formula is C35H38N8O4. The number of amides is 2. The summed E-state index contributed by atoms with van der Waals surface area (Å²) in [6.45, 7) is 1.72. The molecule has 6 heterocycles. The molecule has 0 aliphatic carbocycles. The van der Waals surface area contributed by atoms with Gasteiger partial charge in [-0.15, -0.1) is 0 Å². The van der Waals surface area contributed by atoms with E-state index in [-0.39, 0.29) is 35.8 Å². The lowest BCUT2D eigenvalue weighted by atomic mass is 9.79. The molecule has 0 radical (unpaired) electrons. The molecule has 5 aromatic rings. The van der Waals surface area contributed by atoms with E-state index in [4.69, 9.17) is 0 Å². The third-order valence-electron chi connectivity index (χ3n) is 9.82. The number of benzene rings is 1. The molecule has 242 valence electrons. The first-order valence-corrected chi connectivity index (χ1v) is 16.0. The molecule has 0 saturated carbocycles. The van der Waals surface area contributed by atoms with Crippen LogP contribution in [0.3, 0.4) is 0 Å². The molecule has 7 rings (SSSR count). The fourth-order valence-corrected chi connectivity index (χ4v) is 7.10. The first-order valence-electron chi connectivity index (χ1n) is 16.0. The third-order valence-corrected chi connectivity index (χ3v) is 9.82. The largest absolute Gasteiger partial charge is 0.388 e. The van der Waals surface area contributed by atoms with Crippen molar-refractivity contribution in [2.45, 2.75) is 37.3 Å². The van der Waals surface area contributed by atoms with Gasteiger partial charge in [-0.2, -0.15) is 5.10 Å². The Kier molecular flexibility index (Phi) is 7.96. The van der Waals surface area contributed by atoms with Crippen molar-refractivity contribution in [2.24, 2.45) is 20.0 Å². The average Bonchev–Trinajstić information content (AvgIpc) is 3.71. The molecule has 4 aromatic heterocycles. The van der Waals surface area contributed by atoms with Crippen molar-refractivity contribution < 1.29 is 14.7 Å². The van der Waals surface area contributed by atoms with Crippen molar-refractivity contribution in [3.05, 3.63) is 101 Å². The summed E-state index contributed by atoms with van der Waals surface area (Å²) < 4.78 is 4.99. The van der Waals surface area contributed by atoms with Crippen LogP contribution in [0.4, 0.5) is 0 Å². The minimum Gasteiger partial charge on any atom is -0.388 e. The maximum atomic E-state index is 14.1. The summed E-state index contributed by atoms with van der Waals surface area (Å²) in [5.41, 5.74) is 2.15. The Bertz CT molecular complexity index is 1990. The Morgan fingerprint density at radius 2 is 1.74 bits per heavy atom. The number of hydrogen-bond donors (Lipinski definition) is 1. The van der Waals surface area contributed by atoms with Crippen molar-refractivity contribution >= 4 is 22.8 Å². The Morgan fingerprint density at radius 1 is 0.957 bits per heavy atom. The highest BCUT2D eigenvalue weighted by molar-refractivity contribution is 5.93. The maximum absolute atomic E-state index is 14.1. The van der Waals surface area contributed by atoms with E-state index in [0.29, 0.717) is 67.9 Å². The van der Waals surface area contributed by atoms with Crippen molar-refractivity contribution in [3.8, 4) is 11.4 Å². The molecule has 0 spiro atoms. The molecular weight excluding hydrogens is 596 g/mol. The second-order valence-corrected chi connectivity index (χ2v) is 12.8. The van der Waals surface area contributed by atoms with Crippen LogP contribution in [0.25, 0.3) is 22.4 Å². The van der Waals surface area contributed by atoms with E-state index in [1.807, 2.05) is 67.5 Å². The Hall–Kier alpha value is -5.10. The second kappa shape index (κ2) is 12.3. The topological polar surface area (TPSA) is 131 Å². The predicted octanol–water partition coefficient (Wildman–Crippen LogP) is 2.83. The van der Waals surface area contributed by atoms with E-state index in [1.54, 1.807) is 38.7 Å². The number of aromatic nitrogens is 6. The minimum absolute atomic E-state index is 0.0360. The Balaban J connectivity index is 1.05. The molecule has 2 atom stereocenters. The summed E-state index contributed by atoms with van der Waals surface area (Å²) in [6, 6.07) is 18.9. The number of hydrogen-bond acceptors (Lipinski definition) is 7. The van der Waals surface area contributed by atoms with Gasteiger partial charge in [0.05, 0.1) is 28.9 Å². The monoisotopic (exact) mass is 634 g/mol. The molecule has 2 aliphatic heterocycles. The van der Waals surface area contributed by atoms with Crippen LogP contribution < -0.4 is 5.56 Å². The number of aryl methyl sites for hydroxylation is 2. The highest BCUT2D eigenvalue weighted by atomic mass is 16.3. The quantitative estimate of drug-likeness (QED) is 0.304. The standard InChI is InChI=1S/C35H38N8O4/c1-39-17-12-26-31(39)36-23-43(33(26)45)22-35(47)14-19-41(20-15-35)32(44)25-13-18-42(21-27(25)24-7-4-3-5-8-24)34(46)29-10-6-9-28(38-29)30-11-16-37-40(30)2/h3-12,16-17,23,25,27,47H,13-15,18-22H2,1-2H3/t25-,27+/m1/s1. The van der Waals surface area contributed by atoms with Crippen molar-refractivity contribution in [2.75, 3.05) is 26.2 Å². The fourth-order valence-electron chi connectivity index (χ4n) is 7.10.